The monoisotopic (exact) mass is 252 g/mol. The minimum absolute atomic E-state index is 0.129. The first kappa shape index (κ1) is 12.6. The van der Waals surface area contributed by atoms with Crippen molar-refractivity contribution in [2.75, 3.05) is 18.0 Å². The molecular formula is C13H20N2OS. The Morgan fingerprint density at radius 3 is 2.65 bits per heavy atom. The van der Waals surface area contributed by atoms with Gasteiger partial charge < -0.3 is 4.90 Å². The average Bonchev–Trinajstić information content (AvgIpc) is 2.64. The number of carbonyl (C=O) groups is 1. The Morgan fingerprint density at radius 1 is 1.41 bits per heavy atom. The van der Waals surface area contributed by atoms with Gasteiger partial charge in [-0.25, -0.2) is 4.98 Å². The Balaban J connectivity index is 2.18. The number of ketones is 1. The maximum absolute atomic E-state index is 11.4. The molecule has 1 aromatic heterocycles. The minimum Gasteiger partial charge on any atom is -0.348 e. The second-order valence-electron chi connectivity index (χ2n) is 5.16. The highest BCUT2D eigenvalue weighted by atomic mass is 32.1. The van der Waals surface area contributed by atoms with Crippen LogP contribution in [0.1, 0.15) is 42.6 Å². The van der Waals surface area contributed by atoms with Crippen LogP contribution in [0.5, 0.6) is 0 Å². The molecule has 0 aromatic carbocycles. The highest BCUT2D eigenvalue weighted by Gasteiger charge is 2.25. The number of carbonyl (C=O) groups excluding carboxylic acids is 1. The molecule has 2 rings (SSSR count). The number of aryl methyl sites for hydroxylation is 1. The summed E-state index contributed by atoms with van der Waals surface area (Å²) in [6, 6.07) is 0. The standard InChI is InChI=1S/C13H20N2OS/c1-8-5-6-15(7-9(8)2)13-14-10(3)12(17-13)11(4)16/h8-9H,5-7H2,1-4H3. The molecule has 1 aromatic rings. The Morgan fingerprint density at radius 2 is 2.12 bits per heavy atom. The van der Waals surface area contributed by atoms with Gasteiger partial charge >= 0.3 is 0 Å². The van der Waals surface area contributed by atoms with Crippen LogP contribution < -0.4 is 4.90 Å². The molecule has 1 fully saturated rings. The summed E-state index contributed by atoms with van der Waals surface area (Å²) in [7, 11) is 0. The van der Waals surface area contributed by atoms with E-state index >= 15 is 0 Å². The second-order valence-corrected chi connectivity index (χ2v) is 6.13. The molecule has 0 bridgehead atoms. The molecular weight excluding hydrogens is 232 g/mol. The number of hydrogen-bond donors (Lipinski definition) is 0. The molecule has 2 atom stereocenters. The maximum atomic E-state index is 11.4. The Bertz CT molecular complexity index is 427. The highest BCUT2D eigenvalue weighted by molar-refractivity contribution is 7.17. The number of Topliss-reactive ketones (excluding diaryl/α,β-unsaturated/α-hetero) is 1. The van der Waals surface area contributed by atoms with E-state index < -0.39 is 0 Å². The number of hydrogen-bond acceptors (Lipinski definition) is 4. The molecule has 0 amide bonds. The fourth-order valence-electron chi connectivity index (χ4n) is 2.28. The molecule has 0 saturated carbocycles. The van der Waals surface area contributed by atoms with Crippen molar-refractivity contribution in [1.29, 1.82) is 0 Å². The van der Waals surface area contributed by atoms with Gasteiger partial charge in [0.1, 0.15) is 0 Å². The maximum Gasteiger partial charge on any atom is 0.186 e. The lowest BCUT2D eigenvalue weighted by molar-refractivity contribution is 0.102. The lowest BCUT2D eigenvalue weighted by Crippen LogP contribution is -2.38. The van der Waals surface area contributed by atoms with Crippen molar-refractivity contribution in [3.05, 3.63) is 10.6 Å². The van der Waals surface area contributed by atoms with Crippen molar-refractivity contribution >= 4 is 22.3 Å². The first-order valence-electron chi connectivity index (χ1n) is 6.22. The molecule has 1 aliphatic heterocycles. The zero-order valence-corrected chi connectivity index (χ0v) is 11.8. The first-order chi connectivity index (χ1) is 7.99. The predicted molar refractivity (Wildman–Crippen MR) is 72.0 cm³/mol. The third-order valence-corrected chi connectivity index (χ3v) is 5.03. The van der Waals surface area contributed by atoms with E-state index in [0.29, 0.717) is 5.92 Å². The average molecular weight is 252 g/mol. The number of nitrogens with zero attached hydrogens (tertiary/aromatic N) is 2. The third kappa shape index (κ3) is 2.51. The fourth-order valence-corrected chi connectivity index (χ4v) is 3.28. The lowest BCUT2D eigenvalue weighted by atomic mass is 9.89. The molecule has 1 aliphatic rings. The van der Waals surface area contributed by atoms with Gasteiger partial charge in [-0.3, -0.25) is 4.79 Å². The molecule has 2 heterocycles. The van der Waals surface area contributed by atoms with Crippen LogP contribution in [0.4, 0.5) is 5.13 Å². The summed E-state index contributed by atoms with van der Waals surface area (Å²) in [5.74, 6) is 1.62. The largest absolute Gasteiger partial charge is 0.348 e. The first-order valence-corrected chi connectivity index (χ1v) is 7.04. The molecule has 3 nitrogen and oxygen atoms in total. The molecule has 0 N–H and O–H groups in total. The van der Waals surface area contributed by atoms with Gasteiger partial charge in [-0.15, -0.1) is 0 Å². The zero-order chi connectivity index (χ0) is 12.6. The van der Waals surface area contributed by atoms with Gasteiger partial charge in [0.05, 0.1) is 10.6 Å². The summed E-state index contributed by atoms with van der Waals surface area (Å²) < 4.78 is 0. The normalized spacial score (nSPS) is 25.1. The number of thiazole rings is 1. The number of anilines is 1. The van der Waals surface area contributed by atoms with E-state index in [1.54, 1.807) is 18.3 Å². The van der Waals surface area contributed by atoms with E-state index in [-0.39, 0.29) is 5.78 Å². The zero-order valence-electron chi connectivity index (χ0n) is 11.0. The lowest BCUT2D eigenvalue weighted by Gasteiger charge is -2.35. The summed E-state index contributed by atoms with van der Waals surface area (Å²) in [5.41, 5.74) is 0.878. The van der Waals surface area contributed by atoms with Gasteiger partial charge in [0.2, 0.25) is 0 Å². The highest BCUT2D eigenvalue weighted by Crippen LogP contribution is 2.31. The van der Waals surface area contributed by atoms with Crippen LogP contribution in [0.15, 0.2) is 0 Å². The van der Waals surface area contributed by atoms with Gasteiger partial charge in [-0.1, -0.05) is 25.2 Å². The Kier molecular flexibility index (Phi) is 3.52. The summed E-state index contributed by atoms with van der Waals surface area (Å²) in [6.07, 6.45) is 1.22. The van der Waals surface area contributed by atoms with Crippen LogP contribution in [0.25, 0.3) is 0 Å². The summed E-state index contributed by atoms with van der Waals surface area (Å²) in [6.45, 7) is 10.3. The molecule has 0 radical (unpaired) electrons. The van der Waals surface area contributed by atoms with Crippen LogP contribution in [0.3, 0.4) is 0 Å². The van der Waals surface area contributed by atoms with Crippen molar-refractivity contribution in [2.24, 2.45) is 11.8 Å². The second kappa shape index (κ2) is 4.77. The van der Waals surface area contributed by atoms with Crippen LogP contribution in [-0.2, 0) is 0 Å². The molecule has 1 saturated heterocycles. The smallest absolute Gasteiger partial charge is 0.186 e. The molecule has 4 heteroatoms. The molecule has 0 aliphatic carbocycles. The van der Waals surface area contributed by atoms with E-state index in [4.69, 9.17) is 0 Å². The number of piperidine rings is 1. The van der Waals surface area contributed by atoms with Crippen molar-refractivity contribution in [3.8, 4) is 0 Å². The van der Waals surface area contributed by atoms with Crippen LogP contribution in [-0.4, -0.2) is 23.9 Å². The predicted octanol–water partition coefficient (Wildman–Crippen LogP) is 3.14. The van der Waals surface area contributed by atoms with Gasteiger partial charge in [0, 0.05) is 20.0 Å². The Labute approximate surface area is 107 Å². The topological polar surface area (TPSA) is 33.2 Å². The number of aromatic nitrogens is 1. The third-order valence-electron chi connectivity index (χ3n) is 3.71. The summed E-state index contributed by atoms with van der Waals surface area (Å²) in [5, 5.41) is 1.02. The Hall–Kier alpha value is -0.900. The van der Waals surface area contributed by atoms with E-state index in [1.165, 1.54) is 6.42 Å². The summed E-state index contributed by atoms with van der Waals surface area (Å²) >= 11 is 1.54. The molecule has 17 heavy (non-hydrogen) atoms. The molecule has 0 spiro atoms. The van der Waals surface area contributed by atoms with Crippen molar-refractivity contribution in [3.63, 3.8) is 0 Å². The van der Waals surface area contributed by atoms with Crippen LogP contribution in [0, 0.1) is 18.8 Å². The van der Waals surface area contributed by atoms with E-state index in [0.717, 1.165) is 34.7 Å². The van der Waals surface area contributed by atoms with E-state index in [2.05, 4.69) is 23.7 Å². The van der Waals surface area contributed by atoms with Crippen molar-refractivity contribution < 1.29 is 4.79 Å². The van der Waals surface area contributed by atoms with Crippen LogP contribution in [0.2, 0.25) is 0 Å². The van der Waals surface area contributed by atoms with Gasteiger partial charge in [0.15, 0.2) is 10.9 Å². The van der Waals surface area contributed by atoms with Gasteiger partial charge in [-0.05, 0) is 25.2 Å². The number of rotatable bonds is 2. The fraction of sp³-hybridized carbons (Fsp3) is 0.692. The summed E-state index contributed by atoms with van der Waals surface area (Å²) in [4.78, 5) is 19.1. The van der Waals surface area contributed by atoms with Gasteiger partial charge in [-0.2, -0.15) is 0 Å². The minimum atomic E-state index is 0.129. The van der Waals surface area contributed by atoms with E-state index in [9.17, 15) is 4.79 Å². The SMILES string of the molecule is CC(=O)c1sc(N2CCC(C)C(C)C2)nc1C. The van der Waals surface area contributed by atoms with Crippen LogP contribution >= 0.6 is 11.3 Å². The van der Waals surface area contributed by atoms with Gasteiger partial charge in [0.25, 0.3) is 0 Å². The van der Waals surface area contributed by atoms with Crippen molar-refractivity contribution in [2.45, 2.75) is 34.1 Å². The quantitative estimate of drug-likeness (QED) is 0.758. The molecule has 94 valence electrons. The van der Waals surface area contributed by atoms with E-state index in [1.807, 2.05) is 6.92 Å². The van der Waals surface area contributed by atoms with Crippen molar-refractivity contribution in [1.82, 2.24) is 4.98 Å². The molecule has 2 unspecified atom stereocenters.